The van der Waals surface area contributed by atoms with Gasteiger partial charge in [-0.25, -0.2) is 0 Å². The average molecular weight is 304 g/mol. The van der Waals surface area contributed by atoms with E-state index in [1.54, 1.807) is 11.3 Å². The Kier molecular flexibility index (Phi) is 4.82. The van der Waals surface area contributed by atoms with E-state index in [1.165, 1.54) is 21.5 Å². The molecule has 2 nitrogen and oxygen atoms in total. The third kappa shape index (κ3) is 3.84. The van der Waals surface area contributed by atoms with Crippen LogP contribution in [0.4, 0.5) is 0 Å². The molecule has 0 radical (unpaired) electrons. The summed E-state index contributed by atoms with van der Waals surface area (Å²) >= 11 is 5.25. The summed E-state index contributed by atoms with van der Waals surface area (Å²) in [5.74, 6) is 0. The van der Waals surface area contributed by atoms with E-state index in [0.717, 1.165) is 25.9 Å². The van der Waals surface area contributed by atoms with Gasteiger partial charge in [-0.05, 0) is 60.2 Å². The van der Waals surface area contributed by atoms with E-state index in [9.17, 15) is 0 Å². The Balaban J connectivity index is 1.69. The molecule has 0 bridgehead atoms. The third-order valence-electron chi connectivity index (χ3n) is 2.98. The molecule has 1 aromatic heterocycles. The number of nitrogens with two attached hydrogens (primary N) is 1. The summed E-state index contributed by atoms with van der Waals surface area (Å²) in [6, 6.07) is 4.52. The molecular formula is C12H18BrNOS. The maximum absolute atomic E-state index is 6.13. The fraction of sp³-hybridized carbons (Fsp3) is 0.667. The lowest BCUT2D eigenvalue weighted by molar-refractivity contribution is 0.101. The van der Waals surface area contributed by atoms with E-state index in [0.29, 0.717) is 6.10 Å². The van der Waals surface area contributed by atoms with Crippen molar-refractivity contribution in [2.75, 3.05) is 6.61 Å². The van der Waals surface area contributed by atoms with Crippen LogP contribution in [0.1, 0.15) is 30.6 Å². The van der Waals surface area contributed by atoms with E-state index in [1.807, 2.05) is 0 Å². The van der Waals surface area contributed by atoms with E-state index < -0.39 is 0 Å². The first-order valence-electron chi connectivity index (χ1n) is 5.85. The zero-order chi connectivity index (χ0) is 11.4. The summed E-state index contributed by atoms with van der Waals surface area (Å²) in [4.78, 5) is 1.37. The first-order chi connectivity index (χ1) is 7.74. The number of ether oxygens (including phenoxy) is 1. The number of halogens is 1. The Bertz CT molecular complexity index is 323. The van der Waals surface area contributed by atoms with E-state index in [4.69, 9.17) is 10.5 Å². The molecule has 1 fully saturated rings. The van der Waals surface area contributed by atoms with Crippen LogP contribution in [-0.4, -0.2) is 18.8 Å². The fourth-order valence-corrected chi connectivity index (χ4v) is 3.67. The topological polar surface area (TPSA) is 35.2 Å². The molecule has 2 rings (SSSR count). The Labute approximate surface area is 109 Å². The average Bonchev–Trinajstić information content (AvgIpc) is 2.87. The van der Waals surface area contributed by atoms with E-state index >= 15 is 0 Å². The summed E-state index contributed by atoms with van der Waals surface area (Å²) in [7, 11) is 0. The highest BCUT2D eigenvalue weighted by Gasteiger charge is 2.16. The van der Waals surface area contributed by atoms with Gasteiger partial charge >= 0.3 is 0 Å². The van der Waals surface area contributed by atoms with Crippen molar-refractivity contribution in [3.63, 3.8) is 0 Å². The van der Waals surface area contributed by atoms with Gasteiger partial charge < -0.3 is 10.5 Å². The summed E-state index contributed by atoms with van der Waals surface area (Å²) in [5, 5.41) is 0. The van der Waals surface area contributed by atoms with E-state index in [2.05, 4.69) is 28.1 Å². The second kappa shape index (κ2) is 6.15. The van der Waals surface area contributed by atoms with Crippen molar-refractivity contribution < 1.29 is 4.74 Å². The minimum atomic E-state index is 0.273. The molecule has 0 aliphatic carbocycles. The van der Waals surface area contributed by atoms with Crippen molar-refractivity contribution in [1.82, 2.24) is 0 Å². The van der Waals surface area contributed by atoms with Crippen molar-refractivity contribution in [3.05, 3.63) is 20.8 Å². The lowest BCUT2D eigenvalue weighted by atomic mass is 10.0. The fourth-order valence-electron chi connectivity index (χ4n) is 2.09. The van der Waals surface area contributed by atoms with Gasteiger partial charge in [0.2, 0.25) is 0 Å². The van der Waals surface area contributed by atoms with E-state index in [-0.39, 0.29) is 6.04 Å². The van der Waals surface area contributed by atoms with Crippen molar-refractivity contribution in [3.8, 4) is 0 Å². The second-order valence-electron chi connectivity index (χ2n) is 4.38. The predicted molar refractivity (Wildman–Crippen MR) is 71.9 cm³/mol. The van der Waals surface area contributed by atoms with Crippen molar-refractivity contribution in [2.45, 2.75) is 44.2 Å². The predicted octanol–water partition coefficient (Wildman–Crippen LogP) is 3.34. The highest BCUT2D eigenvalue weighted by Crippen LogP contribution is 2.24. The van der Waals surface area contributed by atoms with Gasteiger partial charge in [-0.15, -0.1) is 11.3 Å². The van der Waals surface area contributed by atoms with Crippen LogP contribution in [0, 0.1) is 0 Å². The summed E-state index contributed by atoms with van der Waals surface area (Å²) in [6.07, 6.45) is 6.09. The molecular weight excluding hydrogens is 286 g/mol. The number of hydrogen-bond donors (Lipinski definition) is 1. The van der Waals surface area contributed by atoms with Crippen LogP contribution < -0.4 is 5.73 Å². The quantitative estimate of drug-likeness (QED) is 0.905. The molecule has 2 heterocycles. The van der Waals surface area contributed by atoms with Crippen molar-refractivity contribution in [2.24, 2.45) is 5.73 Å². The van der Waals surface area contributed by atoms with Crippen LogP contribution in [0.15, 0.2) is 15.9 Å². The molecule has 0 saturated carbocycles. The molecule has 1 aromatic rings. The first kappa shape index (κ1) is 12.6. The third-order valence-corrected chi connectivity index (χ3v) is 4.62. The molecule has 0 aromatic carbocycles. The first-order valence-corrected chi connectivity index (χ1v) is 7.46. The molecule has 16 heavy (non-hydrogen) atoms. The summed E-state index contributed by atoms with van der Waals surface area (Å²) < 4.78 is 6.79. The van der Waals surface area contributed by atoms with Crippen LogP contribution in [0.5, 0.6) is 0 Å². The lowest BCUT2D eigenvalue weighted by Crippen LogP contribution is -2.24. The lowest BCUT2D eigenvalue weighted by Gasteiger charge is -2.13. The molecule has 1 aliphatic heterocycles. The Morgan fingerprint density at radius 1 is 1.56 bits per heavy atom. The monoisotopic (exact) mass is 303 g/mol. The Hall–Kier alpha value is 0.1000. The Morgan fingerprint density at radius 3 is 3.06 bits per heavy atom. The molecule has 0 spiro atoms. The normalized spacial score (nSPS) is 22.5. The van der Waals surface area contributed by atoms with Crippen LogP contribution in [0.25, 0.3) is 0 Å². The molecule has 2 N–H and O–H groups in total. The smallest absolute Gasteiger partial charge is 0.0701 e. The number of hydrogen-bond acceptors (Lipinski definition) is 3. The molecule has 0 amide bonds. The number of rotatable bonds is 5. The van der Waals surface area contributed by atoms with Crippen LogP contribution in [-0.2, 0) is 11.2 Å². The zero-order valence-electron chi connectivity index (χ0n) is 9.32. The highest BCUT2D eigenvalue weighted by atomic mass is 79.9. The maximum Gasteiger partial charge on any atom is 0.0701 e. The van der Waals surface area contributed by atoms with Gasteiger partial charge in [-0.3, -0.25) is 0 Å². The van der Waals surface area contributed by atoms with Crippen molar-refractivity contribution in [1.29, 1.82) is 0 Å². The molecule has 1 saturated heterocycles. The maximum atomic E-state index is 6.13. The van der Waals surface area contributed by atoms with Gasteiger partial charge in [-0.2, -0.15) is 0 Å². The largest absolute Gasteiger partial charge is 0.378 e. The SMILES string of the molecule is NC(CCC1CCCO1)Cc1ccc(Br)s1. The van der Waals surface area contributed by atoms with Gasteiger partial charge in [-0.1, -0.05) is 0 Å². The van der Waals surface area contributed by atoms with Crippen LogP contribution >= 0.6 is 27.3 Å². The molecule has 4 heteroatoms. The highest BCUT2D eigenvalue weighted by molar-refractivity contribution is 9.11. The van der Waals surface area contributed by atoms with Crippen molar-refractivity contribution >= 4 is 27.3 Å². The van der Waals surface area contributed by atoms with Gasteiger partial charge in [0.15, 0.2) is 0 Å². The number of thiophene rings is 1. The second-order valence-corrected chi connectivity index (χ2v) is 6.93. The van der Waals surface area contributed by atoms with Gasteiger partial charge in [0.05, 0.1) is 9.89 Å². The molecule has 90 valence electrons. The van der Waals surface area contributed by atoms with Crippen LogP contribution in [0.2, 0.25) is 0 Å². The van der Waals surface area contributed by atoms with Gasteiger partial charge in [0.25, 0.3) is 0 Å². The standard InChI is InChI=1S/C12H18BrNOS/c13-12-6-5-11(16-12)8-9(14)3-4-10-2-1-7-15-10/h5-6,9-10H,1-4,7-8,14H2. The molecule has 2 unspecified atom stereocenters. The zero-order valence-corrected chi connectivity index (χ0v) is 11.7. The van der Waals surface area contributed by atoms with Gasteiger partial charge in [0.1, 0.15) is 0 Å². The summed E-state index contributed by atoms with van der Waals surface area (Å²) in [6.45, 7) is 0.942. The Morgan fingerprint density at radius 2 is 2.44 bits per heavy atom. The minimum Gasteiger partial charge on any atom is -0.378 e. The summed E-state index contributed by atoms with van der Waals surface area (Å²) in [5.41, 5.74) is 6.13. The molecule has 1 aliphatic rings. The van der Waals surface area contributed by atoms with Crippen LogP contribution in [0.3, 0.4) is 0 Å². The minimum absolute atomic E-state index is 0.273. The molecule has 2 atom stereocenters. The van der Waals surface area contributed by atoms with Gasteiger partial charge in [0, 0.05) is 17.5 Å².